The first-order valence-electron chi connectivity index (χ1n) is 6.87. The van der Waals surface area contributed by atoms with Crippen LogP contribution in [0.4, 0.5) is 0 Å². The fraction of sp³-hybridized carbons (Fsp3) is 0.429. The molecule has 21 heavy (non-hydrogen) atoms. The van der Waals surface area contributed by atoms with Crippen LogP contribution in [0.15, 0.2) is 28.7 Å². The number of aromatic nitrogens is 2. The summed E-state index contributed by atoms with van der Waals surface area (Å²) in [5.74, 6) is 0.997. The summed E-state index contributed by atoms with van der Waals surface area (Å²) in [5, 5.41) is 7.90. The lowest BCUT2D eigenvalue weighted by molar-refractivity contribution is 0.502. The molecule has 1 aromatic heterocycles. The van der Waals surface area contributed by atoms with E-state index in [-0.39, 0.29) is 12.3 Å². The van der Waals surface area contributed by atoms with E-state index in [1.807, 2.05) is 38.1 Å². The first kappa shape index (κ1) is 15.7. The van der Waals surface area contributed by atoms with E-state index in [2.05, 4.69) is 14.9 Å². The highest BCUT2D eigenvalue weighted by Crippen LogP contribution is 2.18. The third kappa shape index (κ3) is 4.64. The predicted molar refractivity (Wildman–Crippen MR) is 80.3 cm³/mol. The van der Waals surface area contributed by atoms with Gasteiger partial charge in [-0.1, -0.05) is 24.6 Å². The Bertz CT molecular complexity index is 678. The molecule has 0 aliphatic rings. The summed E-state index contributed by atoms with van der Waals surface area (Å²) in [6, 6.07) is 7.77. The second kappa shape index (κ2) is 6.82. The van der Waals surface area contributed by atoms with Gasteiger partial charge in [0.25, 0.3) is 0 Å². The monoisotopic (exact) mass is 309 g/mol. The molecule has 0 spiro atoms. The van der Waals surface area contributed by atoms with Gasteiger partial charge in [0.1, 0.15) is 0 Å². The highest BCUT2D eigenvalue weighted by molar-refractivity contribution is 7.89. The molecule has 0 atom stereocenters. The zero-order chi connectivity index (χ0) is 15.3. The van der Waals surface area contributed by atoms with E-state index < -0.39 is 10.0 Å². The van der Waals surface area contributed by atoms with Crippen molar-refractivity contribution >= 4 is 10.0 Å². The Balaban J connectivity index is 1.93. The number of nitrogens with one attached hydrogen (secondary N) is 1. The first-order valence-corrected chi connectivity index (χ1v) is 8.52. The van der Waals surface area contributed by atoms with Gasteiger partial charge in [-0.15, -0.1) is 10.2 Å². The summed E-state index contributed by atoms with van der Waals surface area (Å²) in [6.07, 6.45) is 0.968. The van der Waals surface area contributed by atoms with Gasteiger partial charge in [0, 0.05) is 18.5 Å². The summed E-state index contributed by atoms with van der Waals surface area (Å²) in [7, 11) is -3.19. The molecule has 2 aromatic rings. The Morgan fingerprint density at radius 2 is 1.90 bits per heavy atom. The summed E-state index contributed by atoms with van der Waals surface area (Å²) in [4.78, 5) is 0. The van der Waals surface area contributed by atoms with Gasteiger partial charge >= 0.3 is 0 Å². The maximum absolute atomic E-state index is 11.5. The second-order valence-corrected chi connectivity index (χ2v) is 6.76. The summed E-state index contributed by atoms with van der Waals surface area (Å²) < 4.78 is 31.0. The molecule has 0 saturated carbocycles. The van der Waals surface area contributed by atoms with Crippen LogP contribution in [0.25, 0.3) is 11.5 Å². The van der Waals surface area contributed by atoms with Crippen molar-refractivity contribution in [1.82, 2.24) is 14.9 Å². The molecule has 2 rings (SSSR count). The van der Waals surface area contributed by atoms with Crippen molar-refractivity contribution in [2.45, 2.75) is 26.7 Å². The lowest BCUT2D eigenvalue weighted by Gasteiger charge is -2.02. The topological polar surface area (TPSA) is 85.1 Å². The minimum absolute atomic E-state index is 0.130. The van der Waals surface area contributed by atoms with Crippen molar-refractivity contribution in [3.05, 3.63) is 35.7 Å². The number of rotatable bonds is 7. The molecule has 114 valence electrons. The van der Waals surface area contributed by atoms with Crippen molar-refractivity contribution in [1.29, 1.82) is 0 Å². The van der Waals surface area contributed by atoms with Crippen LogP contribution in [0.1, 0.15) is 24.8 Å². The maximum atomic E-state index is 11.5. The molecule has 0 aliphatic heterocycles. The van der Waals surface area contributed by atoms with E-state index in [0.29, 0.717) is 24.6 Å². The first-order chi connectivity index (χ1) is 10.00. The molecule has 0 radical (unpaired) electrons. The Morgan fingerprint density at radius 1 is 1.19 bits per heavy atom. The smallest absolute Gasteiger partial charge is 0.247 e. The second-order valence-electron chi connectivity index (χ2n) is 4.83. The number of sulfonamides is 1. The number of hydrogen-bond acceptors (Lipinski definition) is 5. The van der Waals surface area contributed by atoms with Gasteiger partial charge in [-0.2, -0.15) is 0 Å². The number of nitrogens with zero attached hydrogens (tertiary/aromatic N) is 2. The van der Waals surface area contributed by atoms with Crippen molar-refractivity contribution < 1.29 is 12.8 Å². The largest absolute Gasteiger partial charge is 0.421 e. The molecule has 0 amide bonds. The van der Waals surface area contributed by atoms with Crippen LogP contribution in [0, 0.1) is 6.92 Å². The molecule has 1 heterocycles. The average Bonchev–Trinajstić information content (AvgIpc) is 2.88. The highest BCUT2D eigenvalue weighted by atomic mass is 32.2. The molecule has 0 aliphatic carbocycles. The summed E-state index contributed by atoms with van der Waals surface area (Å²) >= 11 is 0. The van der Waals surface area contributed by atoms with Crippen LogP contribution in [0.5, 0.6) is 0 Å². The van der Waals surface area contributed by atoms with Crippen LogP contribution < -0.4 is 4.72 Å². The van der Waals surface area contributed by atoms with Crippen LogP contribution in [-0.4, -0.2) is 30.9 Å². The number of benzene rings is 1. The van der Waals surface area contributed by atoms with Crippen molar-refractivity contribution in [2.24, 2.45) is 0 Å². The molecule has 0 saturated heterocycles. The molecule has 7 heteroatoms. The number of hydrogen-bond donors (Lipinski definition) is 1. The van der Waals surface area contributed by atoms with Crippen LogP contribution in [-0.2, 0) is 16.4 Å². The lowest BCUT2D eigenvalue weighted by atomic mass is 10.1. The van der Waals surface area contributed by atoms with E-state index in [4.69, 9.17) is 4.42 Å². The zero-order valence-electron chi connectivity index (χ0n) is 12.2. The third-order valence-corrected chi connectivity index (χ3v) is 4.49. The minimum atomic E-state index is -3.19. The predicted octanol–water partition coefficient (Wildman–Crippen LogP) is 1.92. The number of aryl methyl sites for hydroxylation is 1. The van der Waals surface area contributed by atoms with E-state index in [9.17, 15) is 8.42 Å². The fourth-order valence-electron chi connectivity index (χ4n) is 1.82. The molecule has 0 fully saturated rings. The molecular formula is C14H19N3O3S. The van der Waals surface area contributed by atoms with E-state index in [0.717, 1.165) is 11.1 Å². The van der Waals surface area contributed by atoms with Crippen molar-refractivity contribution in [2.75, 3.05) is 12.3 Å². The van der Waals surface area contributed by atoms with Gasteiger partial charge in [0.05, 0.1) is 5.75 Å². The van der Waals surface area contributed by atoms with Gasteiger partial charge < -0.3 is 4.42 Å². The van der Waals surface area contributed by atoms with E-state index >= 15 is 0 Å². The van der Waals surface area contributed by atoms with Crippen molar-refractivity contribution in [3.63, 3.8) is 0 Å². The standard InChI is InChI=1S/C14H19N3O3S/c1-3-10-21(18,19)15-9-8-13-16-17-14(20-13)12-6-4-11(2)5-7-12/h4-7,15H,3,8-10H2,1-2H3. The van der Waals surface area contributed by atoms with Crippen molar-refractivity contribution in [3.8, 4) is 11.5 Å². The zero-order valence-corrected chi connectivity index (χ0v) is 13.0. The van der Waals surface area contributed by atoms with Gasteiger partial charge in [-0.25, -0.2) is 13.1 Å². The molecule has 0 bridgehead atoms. The van der Waals surface area contributed by atoms with E-state index in [1.54, 1.807) is 0 Å². The molecule has 6 nitrogen and oxygen atoms in total. The van der Waals surface area contributed by atoms with E-state index in [1.165, 1.54) is 0 Å². The molecular weight excluding hydrogens is 290 g/mol. The van der Waals surface area contributed by atoms with Gasteiger partial charge in [-0.05, 0) is 25.5 Å². The average molecular weight is 309 g/mol. The van der Waals surface area contributed by atoms with Gasteiger partial charge in [0.2, 0.25) is 21.8 Å². The Kier molecular flexibility index (Phi) is 5.08. The summed E-state index contributed by atoms with van der Waals surface area (Å²) in [6.45, 7) is 4.09. The Hall–Kier alpha value is -1.73. The highest BCUT2D eigenvalue weighted by Gasteiger charge is 2.11. The van der Waals surface area contributed by atoms with Crippen LogP contribution >= 0.6 is 0 Å². The van der Waals surface area contributed by atoms with Gasteiger partial charge in [0.15, 0.2) is 0 Å². The summed E-state index contributed by atoms with van der Waals surface area (Å²) in [5.41, 5.74) is 2.01. The SMILES string of the molecule is CCCS(=O)(=O)NCCc1nnc(-c2ccc(C)cc2)o1. The third-order valence-electron chi connectivity index (χ3n) is 2.90. The molecule has 0 unspecified atom stereocenters. The molecule has 1 aromatic carbocycles. The molecule has 1 N–H and O–H groups in total. The van der Waals surface area contributed by atoms with Crippen LogP contribution in [0.2, 0.25) is 0 Å². The fourth-order valence-corrected chi connectivity index (χ4v) is 2.92. The minimum Gasteiger partial charge on any atom is -0.421 e. The van der Waals surface area contributed by atoms with Crippen LogP contribution in [0.3, 0.4) is 0 Å². The Labute approximate surface area is 124 Å². The lowest BCUT2D eigenvalue weighted by Crippen LogP contribution is -2.28. The Morgan fingerprint density at radius 3 is 2.57 bits per heavy atom. The quantitative estimate of drug-likeness (QED) is 0.844. The normalized spacial score (nSPS) is 11.7. The maximum Gasteiger partial charge on any atom is 0.247 e. The van der Waals surface area contributed by atoms with Gasteiger partial charge in [-0.3, -0.25) is 0 Å².